The van der Waals surface area contributed by atoms with Crippen molar-refractivity contribution in [2.24, 2.45) is 0 Å². The third-order valence-corrected chi connectivity index (χ3v) is 2.81. The minimum atomic E-state index is -0.810. The number of rotatable bonds is 3. The molecule has 0 aliphatic heterocycles. The molecule has 4 nitrogen and oxygen atoms in total. The van der Waals surface area contributed by atoms with Gasteiger partial charge in [0.15, 0.2) is 5.78 Å². The van der Waals surface area contributed by atoms with Crippen LogP contribution in [0.4, 0.5) is 9.18 Å². The summed E-state index contributed by atoms with van der Waals surface area (Å²) in [5, 5.41) is 0. The number of carbonyl (C=O) groups is 2. The van der Waals surface area contributed by atoms with Crippen LogP contribution in [-0.4, -0.2) is 17.5 Å². The predicted octanol–water partition coefficient (Wildman–Crippen LogP) is 4.37. The van der Waals surface area contributed by atoms with Gasteiger partial charge in [-0.15, -0.1) is 0 Å². The van der Waals surface area contributed by atoms with E-state index in [1.807, 2.05) is 0 Å². The molecule has 0 fully saturated rings. The minimum absolute atomic E-state index is 0.242. The van der Waals surface area contributed by atoms with Crippen LogP contribution in [0.5, 0.6) is 5.75 Å². The molecular weight excluding hydrogens is 299 g/mol. The molecule has 0 saturated heterocycles. The fourth-order valence-electron chi connectivity index (χ4n) is 1.81. The van der Waals surface area contributed by atoms with E-state index in [1.54, 1.807) is 20.8 Å². The topological polar surface area (TPSA) is 52.6 Å². The highest BCUT2D eigenvalue weighted by atomic mass is 19.1. The number of carbonyl (C=O) groups excluding carboxylic acids is 2. The third-order valence-electron chi connectivity index (χ3n) is 2.81. The number of hydrogen-bond acceptors (Lipinski definition) is 4. The van der Waals surface area contributed by atoms with Gasteiger partial charge in [0.1, 0.15) is 17.2 Å². The first kappa shape index (κ1) is 16.7. The molecule has 2 rings (SSSR count). The van der Waals surface area contributed by atoms with E-state index in [9.17, 15) is 14.0 Å². The molecule has 0 spiro atoms. The van der Waals surface area contributed by atoms with E-state index < -0.39 is 17.6 Å². The van der Waals surface area contributed by atoms with Crippen molar-refractivity contribution < 1.29 is 23.5 Å². The van der Waals surface area contributed by atoms with Crippen LogP contribution in [0, 0.1) is 5.82 Å². The van der Waals surface area contributed by atoms with Gasteiger partial charge in [0.05, 0.1) is 0 Å². The zero-order valence-corrected chi connectivity index (χ0v) is 13.1. The molecule has 0 radical (unpaired) electrons. The van der Waals surface area contributed by atoms with Crippen molar-refractivity contribution in [3.05, 3.63) is 65.5 Å². The van der Waals surface area contributed by atoms with Crippen LogP contribution < -0.4 is 4.74 Å². The second-order valence-corrected chi connectivity index (χ2v) is 5.93. The Kier molecular flexibility index (Phi) is 4.79. The van der Waals surface area contributed by atoms with E-state index in [0.717, 1.165) is 0 Å². The first-order chi connectivity index (χ1) is 10.7. The summed E-state index contributed by atoms with van der Waals surface area (Å²) in [4.78, 5) is 23.8. The monoisotopic (exact) mass is 316 g/mol. The quantitative estimate of drug-likeness (QED) is 0.479. The van der Waals surface area contributed by atoms with Crippen LogP contribution in [0.2, 0.25) is 0 Å². The SMILES string of the molecule is CC(C)(C)OC(=O)Oc1ccc(C(=O)c2ccc(F)cc2)cc1. The van der Waals surface area contributed by atoms with Gasteiger partial charge in [-0.1, -0.05) is 0 Å². The maximum atomic E-state index is 12.9. The second-order valence-electron chi connectivity index (χ2n) is 5.93. The highest BCUT2D eigenvalue weighted by Crippen LogP contribution is 2.17. The van der Waals surface area contributed by atoms with Crippen LogP contribution in [0.3, 0.4) is 0 Å². The van der Waals surface area contributed by atoms with Gasteiger partial charge < -0.3 is 9.47 Å². The largest absolute Gasteiger partial charge is 0.514 e. The van der Waals surface area contributed by atoms with E-state index >= 15 is 0 Å². The van der Waals surface area contributed by atoms with Crippen LogP contribution in [0.15, 0.2) is 48.5 Å². The summed E-state index contributed by atoms with van der Waals surface area (Å²) in [6.07, 6.45) is -0.810. The van der Waals surface area contributed by atoms with Crippen molar-refractivity contribution in [2.75, 3.05) is 0 Å². The van der Waals surface area contributed by atoms with E-state index in [-0.39, 0.29) is 11.5 Å². The Labute approximate surface area is 133 Å². The average Bonchev–Trinajstić information content (AvgIpc) is 2.46. The van der Waals surface area contributed by atoms with Crippen LogP contribution in [-0.2, 0) is 4.74 Å². The van der Waals surface area contributed by atoms with Gasteiger partial charge in [-0.3, -0.25) is 4.79 Å². The standard InChI is InChI=1S/C18H17FO4/c1-18(2,3)23-17(21)22-15-10-6-13(7-11-15)16(20)12-4-8-14(19)9-5-12/h4-11H,1-3H3. The van der Waals surface area contributed by atoms with Crippen molar-refractivity contribution in [2.45, 2.75) is 26.4 Å². The molecule has 0 atom stereocenters. The Morgan fingerprint density at radius 2 is 1.35 bits per heavy atom. The summed E-state index contributed by atoms with van der Waals surface area (Å²) in [7, 11) is 0. The normalized spacial score (nSPS) is 11.0. The molecule has 2 aromatic carbocycles. The van der Waals surface area contributed by atoms with Crippen molar-refractivity contribution in [3.8, 4) is 5.75 Å². The Bertz CT molecular complexity index is 697. The van der Waals surface area contributed by atoms with E-state index in [1.165, 1.54) is 48.5 Å². The zero-order chi connectivity index (χ0) is 17.0. The Balaban J connectivity index is 2.06. The lowest BCUT2D eigenvalue weighted by Crippen LogP contribution is -2.25. The minimum Gasteiger partial charge on any atom is -0.428 e. The lowest BCUT2D eigenvalue weighted by atomic mass is 10.0. The van der Waals surface area contributed by atoms with Crippen LogP contribution >= 0.6 is 0 Å². The number of ketones is 1. The zero-order valence-electron chi connectivity index (χ0n) is 13.1. The highest BCUT2D eigenvalue weighted by molar-refractivity contribution is 6.09. The van der Waals surface area contributed by atoms with E-state index in [4.69, 9.17) is 9.47 Å². The number of ether oxygens (including phenoxy) is 2. The molecule has 0 aromatic heterocycles. The highest BCUT2D eigenvalue weighted by Gasteiger charge is 2.18. The fraction of sp³-hybridized carbons (Fsp3) is 0.222. The third kappa shape index (κ3) is 4.92. The molecule has 0 amide bonds. The molecule has 23 heavy (non-hydrogen) atoms. The van der Waals surface area contributed by atoms with Gasteiger partial charge in [-0.25, -0.2) is 9.18 Å². The summed E-state index contributed by atoms with van der Waals surface area (Å²) in [5.41, 5.74) is 0.149. The molecule has 0 heterocycles. The molecule has 0 aliphatic rings. The van der Waals surface area contributed by atoms with Gasteiger partial charge in [0.2, 0.25) is 0 Å². The smallest absolute Gasteiger partial charge is 0.428 e. The average molecular weight is 316 g/mol. The molecule has 0 saturated carbocycles. The van der Waals surface area contributed by atoms with Crippen LogP contribution in [0.1, 0.15) is 36.7 Å². The van der Waals surface area contributed by atoms with E-state index in [2.05, 4.69) is 0 Å². The fourth-order valence-corrected chi connectivity index (χ4v) is 1.81. The van der Waals surface area contributed by atoms with Crippen molar-refractivity contribution in [1.82, 2.24) is 0 Å². The van der Waals surface area contributed by atoms with Crippen LogP contribution in [0.25, 0.3) is 0 Å². The molecule has 0 unspecified atom stereocenters. The number of halogens is 1. The first-order valence-electron chi connectivity index (χ1n) is 7.06. The van der Waals surface area contributed by atoms with Crippen molar-refractivity contribution in [3.63, 3.8) is 0 Å². The van der Waals surface area contributed by atoms with Gasteiger partial charge in [0, 0.05) is 11.1 Å². The Morgan fingerprint density at radius 1 is 0.870 bits per heavy atom. The Morgan fingerprint density at radius 3 is 1.83 bits per heavy atom. The molecule has 0 aliphatic carbocycles. The summed E-state index contributed by atoms with van der Waals surface area (Å²) >= 11 is 0. The maximum Gasteiger partial charge on any atom is 0.514 e. The molecular formula is C18H17FO4. The first-order valence-corrected chi connectivity index (χ1v) is 7.06. The lowest BCUT2D eigenvalue weighted by Gasteiger charge is -2.18. The van der Waals surface area contributed by atoms with Gasteiger partial charge in [-0.2, -0.15) is 0 Å². The molecule has 0 bridgehead atoms. The van der Waals surface area contributed by atoms with Crippen molar-refractivity contribution >= 4 is 11.9 Å². The molecule has 2 aromatic rings. The van der Waals surface area contributed by atoms with E-state index in [0.29, 0.717) is 11.1 Å². The summed E-state index contributed by atoms with van der Waals surface area (Å²) in [5.74, 6) is -0.369. The van der Waals surface area contributed by atoms with Gasteiger partial charge >= 0.3 is 6.16 Å². The molecule has 120 valence electrons. The second kappa shape index (κ2) is 6.60. The van der Waals surface area contributed by atoms with Gasteiger partial charge in [-0.05, 0) is 69.3 Å². The summed E-state index contributed by atoms with van der Waals surface area (Å²) in [6, 6.07) is 11.4. The molecule has 5 heteroatoms. The molecule has 0 N–H and O–H groups in total. The number of hydrogen-bond donors (Lipinski definition) is 0. The summed E-state index contributed by atoms with van der Waals surface area (Å²) in [6.45, 7) is 5.20. The van der Waals surface area contributed by atoms with Crippen molar-refractivity contribution in [1.29, 1.82) is 0 Å². The number of benzene rings is 2. The van der Waals surface area contributed by atoms with Gasteiger partial charge in [0.25, 0.3) is 0 Å². The lowest BCUT2D eigenvalue weighted by molar-refractivity contribution is 0.0206. The predicted molar refractivity (Wildman–Crippen MR) is 83.1 cm³/mol. The Hall–Kier alpha value is -2.69. The maximum absolute atomic E-state index is 12.9. The summed E-state index contributed by atoms with van der Waals surface area (Å²) < 4.78 is 22.9.